The van der Waals surface area contributed by atoms with Crippen LogP contribution in [0.3, 0.4) is 0 Å². The van der Waals surface area contributed by atoms with E-state index >= 15 is 0 Å². The van der Waals surface area contributed by atoms with Crippen LogP contribution in [0.4, 0.5) is 0 Å². The van der Waals surface area contributed by atoms with Crippen LogP contribution in [-0.4, -0.2) is 24.2 Å². The Balaban J connectivity index is 1.96. The van der Waals surface area contributed by atoms with E-state index in [1.807, 2.05) is 48.5 Å². The number of aromatic amines is 1. The van der Waals surface area contributed by atoms with Gasteiger partial charge in [-0.3, -0.25) is 4.79 Å². The lowest BCUT2D eigenvalue weighted by Gasteiger charge is -2.07. The molecule has 0 fully saturated rings. The number of methoxy groups -OCH3 is 2. The summed E-state index contributed by atoms with van der Waals surface area (Å²) < 4.78 is 10.5. The number of aromatic nitrogens is 2. The summed E-state index contributed by atoms with van der Waals surface area (Å²) in [7, 11) is 3.17. The Morgan fingerprint density at radius 1 is 1.00 bits per heavy atom. The van der Waals surface area contributed by atoms with Crippen LogP contribution in [0, 0.1) is 0 Å². The number of para-hydroxylation sites is 2. The van der Waals surface area contributed by atoms with E-state index in [4.69, 9.17) is 9.47 Å². The molecule has 5 nitrogen and oxygen atoms in total. The SMILES string of the molecule is COc1ccc(C=Cc2nc3ccccc3[nH]c2=O)cc1OC. The van der Waals surface area contributed by atoms with Gasteiger partial charge in [0.25, 0.3) is 5.56 Å². The van der Waals surface area contributed by atoms with E-state index in [2.05, 4.69) is 9.97 Å². The van der Waals surface area contributed by atoms with E-state index < -0.39 is 0 Å². The zero-order valence-corrected chi connectivity index (χ0v) is 12.9. The average molecular weight is 308 g/mol. The summed E-state index contributed by atoms with van der Waals surface area (Å²) in [6.45, 7) is 0. The molecule has 0 atom stereocenters. The Morgan fingerprint density at radius 2 is 1.78 bits per heavy atom. The molecule has 0 unspecified atom stereocenters. The Bertz CT molecular complexity index is 929. The first kappa shape index (κ1) is 14.8. The van der Waals surface area contributed by atoms with E-state index in [0.29, 0.717) is 17.2 Å². The lowest BCUT2D eigenvalue weighted by molar-refractivity contribution is 0.355. The quantitative estimate of drug-likeness (QED) is 0.804. The van der Waals surface area contributed by atoms with Gasteiger partial charge in [-0.2, -0.15) is 0 Å². The van der Waals surface area contributed by atoms with Crippen molar-refractivity contribution in [2.45, 2.75) is 0 Å². The molecule has 0 radical (unpaired) electrons. The first-order valence-corrected chi connectivity index (χ1v) is 7.10. The van der Waals surface area contributed by atoms with E-state index in [9.17, 15) is 4.79 Å². The second kappa shape index (κ2) is 6.36. The van der Waals surface area contributed by atoms with Crippen LogP contribution in [0.25, 0.3) is 23.2 Å². The highest BCUT2D eigenvalue weighted by atomic mass is 16.5. The predicted octanol–water partition coefficient (Wildman–Crippen LogP) is 3.11. The van der Waals surface area contributed by atoms with Gasteiger partial charge in [0.1, 0.15) is 5.69 Å². The molecule has 3 rings (SSSR count). The zero-order valence-electron chi connectivity index (χ0n) is 12.9. The standard InChI is InChI=1S/C18H16N2O3/c1-22-16-10-8-12(11-17(16)23-2)7-9-15-18(21)20-14-6-4-3-5-13(14)19-15/h3-11H,1-2H3,(H,20,21). The molecule has 0 spiro atoms. The maximum atomic E-state index is 12.1. The van der Waals surface area contributed by atoms with Crippen molar-refractivity contribution in [3.63, 3.8) is 0 Å². The van der Waals surface area contributed by atoms with Gasteiger partial charge in [0, 0.05) is 0 Å². The molecule has 2 aromatic carbocycles. The Hall–Kier alpha value is -3.08. The average Bonchev–Trinajstić information content (AvgIpc) is 2.59. The monoisotopic (exact) mass is 308 g/mol. The predicted molar refractivity (Wildman–Crippen MR) is 90.8 cm³/mol. The van der Waals surface area contributed by atoms with Crippen LogP contribution in [0.2, 0.25) is 0 Å². The first-order chi connectivity index (χ1) is 11.2. The molecule has 0 amide bonds. The maximum absolute atomic E-state index is 12.1. The van der Waals surface area contributed by atoms with Crippen molar-refractivity contribution in [2.75, 3.05) is 14.2 Å². The molecule has 116 valence electrons. The summed E-state index contributed by atoms with van der Waals surface area (Å²) in [5.74, 6) is 1.29. The van der Waals surface area contributed by atoms with Crippen LogP contribution in [0.5, 0.6) is 11.5 Å². The second-order valence-electron chi connectivity index (χ2n) is 4.92. The fraction of sp³-hybridized carbons (Fsp3) is 0.111. The summed E-state index contributed by atoms with van der Waals surface area (Å²) in [6.07, 6.45) is 3.50. The highest BCUT2D eigenvalue weighted by molar-refractivity contribution is 5.76. The van der Waals surface area contributed by atoms with E-state index in [-0.39, 0.29) is 5.56 Å². The number of nitrogens with one attached hydrogen (secondary N) is 1. The normalized spacial score (nSPS) is 11.0. The van der Waals surface area contributed by atoms with Crippen LogP contribution >= 0.6 is 0 Å². The number of hydrogen-bond donors (Lipinski definition) is 1. The van der Waals surface area contributed by atoms with Gasteiger partial charge in [-0.15, -0.1) is 0 Å². The highest BCUT2D eigenvalue weighted by Crippen LogP contribution is 2.28. The van der Waals surface area contributed by atoms with Crippen molar-refractivity contribution in [3.05, 3.63) is 64.1 Å². The second-order valence-corrected chi connectivity index (χ2v) is 4.92. The lowest BCUT2D eigenvalue weighted by atomic mass is 10.1. The molecule has 1 N–H and O–H groups in total. The molecule has 0 aliphatic carbocycles. The highest BCUT2D eigenvalue weighted by Gasteiger charge is 2.04. The van der Waals surface area contributed by atoms with Crippen molar-refractivity contribution < 1.29 is 9.47 Å². The Morgan fingerprint density at radius 3 is 2.57 bits per heavy atom. The summed E-state index contributed by atoms with van der Waals surface area (Å²) in [5.41, 5.74) is 2.50. The minimum Gasteiger partial charge on any atom is -0.493 e. The molecule has 0 bridgehead atoms. The molecule has 0 aliphatic heterocycles. The molecule has 1 aromatic heterocycles. The number of fused-ring (bicyclic) bond motifs is 1. The maximum Gasteiger partial charge on any atom is 0.274 e. The third-order valence-electron chi connectivity index (χ3n) is 3.47. The molecule has 5 heteroatoms. The van der Waals surface area contributed by atoms with E-state index in [1.165, 1.54) is 0 Å². The summed E-state index contributed by atoms with van der Waals surface area (Å²) in [5, 5.41) is 0. The van der Waals surface area contributed by atoms with Gasteiger partial charge >= 0.3 is 0 Å². The fourth-order valence-corrected chi connectivity index (χ4v) is 2.29. The molecule has 0 aliphatic rings. The van der Waals surface area contributed by atoms with Gasteiger partial charge in [0.05, 0.1) is 25.3 Å². The third kappa shape index (κ3) is 3.08. The molecular weight excluding hydrogens is 292 g/mol. The number of benzene rings is 2. The summed E-state index contributed by atoms with van der Waals surface area (Å²) in [6, 6.07) is 13.0. The number of rotatable bonds is 4. The van der Waals surface area contributed by atoms with Gasteiger partial charge in [-0.05, 0) is 35.9 Å². The van der Waals surface area contributed by atoms with Gasteiger partial charge in [0.2, 0.25) is 0 Å². The molecule has 23 heavy (non-hydrogen) atoms. The van der Waals surface area contributed by atoms with Crippen LogP contribution < -0.4 is 15.0 Å². The van der Waals surface area contributed by atoms with Crippen LogP contribution in [-0.2, 0) is 0 Å². The van der Waals surface area contributed by atoms with Crippen molar-refractivity contribution in [2.24, 2.45) is 0 Å². The fourth-order valence-electron chi connectivity index (χ4n) is 2.29. The Labute approximate surface area is 133 Å². The molecule has 3 aromatic rings. The van der Waals surface area contributed by atoms with Crippen LogP contribution in [0.1, 0.15) is 11.3 Å². The molecule has 0 saturated carbocycles. The lowest BCUT2D eigenvalue weighted by Crippen LogP contribution is -2.11. The number of nitrogens with zero attached hydrogens (tertiary/aromatic N) is 1. The van der Waals surface area contributed by atoms with Crippen molar-refractivity contribution in [1.29, 1.82) is 0 Å². The first-order valence-electron chi connectivity index (χ1n) is 7.10. The molecule has 0 saturated heterocycles. The van der Waals surface area contributed by atoms with Gasteiger partial charge in [-0.25, -0.2) is 4.98 Å². The van der Waals surface area contributed by atoms with Crippen molar-refractivity contribution >= 4 is 23.2 Å². The van der Waals surface area contributed by atoms with Gasteiger partial charge in [0.15, 0.2) is 11.5 Å². The number of H-pyrrole nitrogens is 1. The van der Waals surface area contributed by atoms with Crippen molar-refractivity contribution in [1.82, 2.24) is 9.97 Å². The van der Waals surface area contributed by atoms with Gasteiger partial charge < -0.3 is 14.5 Å². The summed E-state index contributed by atoms with van der Waals surface area (Å²) in [4.78, 5) is 19.3. The minimum absolute atomic E-state index is 0.222. The third-order valence-corrected chi connectivity index (χ3v) is 3.47. The Kier molecular flexibility index (Phi) is 4.10. The minimum atomic E-state index is -0.222. The van der Waals surface area contributed by atoms with E-state index in [1.54, 1.807) is 20.3 Å². The van der Waals surface area contributed by atoms with E-state index in [0.717, 1.165) is 16.6 Å². The number of hydrogen-bond acceptors (Lipinski definition) is 4. The number of ether oxygens (including phenoxy) is 2. The molecular formula is C18H16N2O3. The topological polar surface area (TPSA) is 64.2 Å². The van der Waals surface area contributed by atoms with Gasteiger partial charge in [-0.1, -0.05) is 24.3 Å². The summed E-state index contributed by atoms with van der Waals surface area (Å²) >= 11 is 0. The molecule has 1 heterocycles. The largest absolute Gasteiger partial charge is 0.493 e. The smallest absolute Gasteiger partial charge is 0.274 e. The zero-order chi connectivity index (χ0) is 16.2. The van der Waals surface area contributed by atoms with Crippen molar-refractivity contribution in [3.8, 4) is 11.5 Å². The van der Waals surface area contributed by atoms with Crippen LogP contribution in [0.15, 0.2) is 47.3 Å².